The number of imidazole rings is 1. The van der Waals surface area contributed by atoms with E-state index < -0.39 is 0 Å². The zero-order valence-corrected chi connectivity index (χ0v) is 8.34. The van der Waals surface area contributed by atoms with Gasteiger partial charge in [-0.2, -0.15) is 0 Å². The summed E-state index contributed by atoms with van der Waals surface area (Å²) in [6.45, 7) is 4.25. The van der Waals surface area contributed by atoms with Gasteiger partial charge in [0.1, 0.15) is 0 Å². The highest BCUT2D eigenvalue weighted by Gasteiger charge is 1.92. The summed E-state index contributed by atoms with van der Waals surface area (Å²) in [5.74, 6) is 0. The topological polar surface area (TPSA) is 40.7 Å². The summed E-state index contributed by atoms with van der Waals surface area (Å²) in [6.07, 6.45) is 8.86. The Bertz CT molecular complexity index is 194. The van der Waals surface area contributed by atoms with Gasteiger partial charge in [0.15, 0.2) is 0 Å². The van der Waals surface area contributed by atoms with Crippen LogP contribution in [0.4, 0.5) is 0 Å². The van der Waals surface area contributed by atoms with E-state index in [1.54, 1.807) is 6.33 Å². The minimum Gasteiger partial charge on any atom is -0.347 e. The van der Waals surface area contributed by atoms with Gasteiger partial charge in [-0.15, -0.1) is 0 Å². The Balaban J connectivity index is 1.90. The van der Waals surface area contributed by atoms with E-state index in [1.165, 1.54) is 25.7 Å². The molecular formula is C10H19N3. The van der Waals surface area contributed by atoms with Crippen LogP contribution >= 0.6 is 0 Å². The predicted octanol–water partition coefficient (Wildman–Crippen LogP) is 2.08. The molecule has 1 heterocycles. The molecule has 74 valence electrons. The molecule has 0 fully saturated rings. The first-order valence-corrected chi connectivity index (χ1v) is 5.11. The molecule has 0 aromatic carbocycles. The minimum absolute atomic E-state index is 0.909. The molecule has 3 nitrogen and oxygen atoms in total. The molecule has 0 aliphatic heterocycles. The van der Waals surface area contributed by atoms with Crippen molar-refractivity contribution in [3.8, 4) is 0 Å². The first-order chi connectivity index (χ1) is 6.43. The lowest BCUT2D eigenvalue weighted by Crippen LogP contribution is -2.14. The number of aromatic amines is 1. The van der Waals surface area contributed by atoms with Crippen molar-refractivity contribution in [1.82, 2.24) is 15.3 Å². The molecule has 3 heteroatoms. The number of hydrogen-bond acceptors (Lipinski definition) is 2. The van der Waals surface area contributed by atoms with Crippen LogP contribution in [-0.4, -0.2) is 16.5 Å². The fourth-order valence-corrected chi connectivity index (χ4v) is 1.28. The number of H-pyrrole nitrogens is 1. The van der Waals surface area contributed by atoms with E-state index in [1.807, 2.05) is 6.20 Å². The summed E-state index contributed by atoms with van der Waals surface area (Å²) in [6, 6.07) is 0. The van der Waals surface area contributed by atoms with E-state index in [9.17, 15) is 0 Å². The molecular weight excluding hydrogens is 162 g/mol. The predicted molar refractivity (Wildman–Crippen MR) is 54.4 cm³/mol. The molecule has 0 atom stereocenters. The maximum atomic E-state index is 3.95. The van der Waals surface area contributed by atoms with Gasteiger partial charge in [-0.1, -0.05) is 26.2 Å². The molecule has 0 amide bonds. The molecule has 1 aromatic heterocycles. The summed E-state index contributed by atoms with van der Waals surface area (Å²) in [4.78, 5) is 7.02. The second-order valence-electron chi connectivity index (χ2n) is 3.31. The Hall–Kier alpha value is -0.830. The summed E-state index contributed by atoms with van der Waals surface area (Å²) in [5, 5.41) is 3.38. The van der Waals surface area contributed by atoms with E-state index in [-0.39, 0.29) is 0 Å². The molecule has 0 saturated carbocycles. The van der Waals surface area contributed by atoms with Crippen LogP contribution in [0, 0.1) is 0 Å². The van der Waals surface area contributed by atoms with Gasteiger partial charge in [0.2, 0.25) is 0 Å². The smallest absolute Gasteiger partial charge is 0.0922 e. The number of aromatic nitrogens is 2. The molecule has 13 heavy (non-hydrogen) atoms. The van der Waals surface area contributed by atoms with Gasteiger partial charge in [0.05, 0.1) is 6.33 Å². The summed E-state index contributed by atoms with van der Waals surface area (Å²) >= 11 is 0. The van der Waals surface area contributed by atoms with E-state index in [0.29, 0.717) is 0 Å². The Morgan fingerprint density at radius 2 is 2.31 bits per heavy atom. The highest BCUT2D eigenvalue weighted by Crippen LogP contribution is 1.97. The lowest BCUT2D eigenvalue weighted by molar-refractivity contribution is 0.594. The van der Waals surface area contributed by atoms with Crippen LogP contribution in [0.3, 0.4) is 0 Å². The monoisotopic (exact) mass is 181 g/mol. The van der Waals surface area contributed by atoms with Crippen molar-refractivity contribution in [2.24, 2.45) is 0 Å². The molecule has 0 spiro atoms. The van der Waals surface area contributed by atoms with Crippen molar-refractivity contribution in [3.05, 3.63) is 18.2 Å². The minimum atomic E-state index is 0.909. The molecule has 1 rings (SSSR count). The van der Waals surface area contributed by atoms with Gasteiger partial charge in [-0.3, -0.25) is 0 Å². The Labute approximate surface area is 80.0 Å². The van der Waals surface area contributed by atoms with Gasteiger partial charge < -0.3 is 10.3 Å². The van der Waals surface area contributed by atoms with Crippen molar-refractivity contribution in [3.63, 3.8) is 0 Å². The molecule has 0 aliphatic rings. The summed E-state index contributed by atoms with van der Waals surface area (Å²) < 4.78 is 0. The molecule has 0 aliphatic carbocycles. The third-order valence-electron chi connectivity index (χ3n) is 2.08. The van der Waals surface area contributed by atoms with Crippen LogP contribution in [0.2, 0.25) is 0 Å². The fourth-order valence-electron chi connectivity index (χ4n) is 1.28. The first-order valence-electron chi connectivity index (χ1n) is 5.11. The summed E-state index contributed by atoms with van der Waals surface area (Å²) in [5.41, 5.74) is 1.16. The highest BCUT2D eigenvalue weighted by atomic mass is 14.9. The second-order valence-corrected chi connectivity index (χ2v) is 3.31. The molecule has 0 bridgehead atoms. The van der Waals surface area contributed by atoms with Crippen LogP contribution in [0.5, 0.6) is 0 Å². The maximum Gasteiger partial charge on any atom is 0.0922 e. The summed E-state index contributed by atoms with van der Waals surface area (Å²) in [7, 11) is 0. The van der Waals surface area contributed by atoms with Crippen molar-refractivity contribution >= 4 is 0 Å². The van der Waals surface area contributed by atoms with E-state index >= 15 is 0 Å². The SMILES string of the molecule is CCCCCCNCc1cnc[nH]1. The average molecular weight is 181 g/mol. The maximum absolute atomic E-state index is 3.95. The van der Waals surface area contributed by atoms with E-state index in [2.05, 4.69) is 22.2 Å². The third kappa shape index (κ3) is 4.68. The van der Waals surface area contributed by atoms with Gasteiger partial charge in [-0.05, 0) is 13.0 Å². The number of nitrogens with zero attached hydrogens (tertiary/aromatic N) is 1. The number of nitrogens with one attached hydrogen (secondary N) is 2. The largest absolute Gasteiger partial charge is 0.347 e. The van der Waals surface area contributed by atoms with Crippen molar-refractivity contribution in [2.45, 2.75) is 39.2 Å². The average Bonchev–Trinajstić information content (AvgIpc) is 2.63. The van der Waals surface area contributed by atoms with Gasteiger partial charge in [-0.25, -0.2) is 4.98 Å². The van der Waals surface area contributed by atoms with E-state index in [0.717, 1.165) is 18.8 Å². The Morgan fingerprint density at radius 1 is 1.38 bits per heavy atom. The van der Waals surface area contributed by atoms with Gasteiger partial charge >= 0.3 is 0 Å². The number of rotatable bonds is 7. The Kier molecular flexibility index (Phi) is 5.25. The van der Waals surface area contributed by atoms with Gasteiger partial charge in [0.25, 0.3) is 0 Å². The molecule has 0 saturated heterocycles. The van der Waals surface area contributed by atoms with Crippen molar-refractivity contribution < 1.29 is 0 Å². The lowest BCUT2D eigenvalue weighted by Gasteiger charge is -2.01. The molecule has 0 unspecified atom stereocenters. The molecule has 2 N–H and O–H groups in total. The van der Waals surface area contributed by atoms with Crippen molar-refractivity contribution in [2.75, 3.05) is 6.54 Å². The Morgan fingerprint density at radius 3 is 3.00 bits per heavy atom. The molecule has 1 aromatic rings. The number of unbranched alkanes of at least 4 members (excludes halogenated alkanes) is 3. The lowest BCUT2D eigenvalue weighted by atomic mass is 10.2. The van der Waals surface area contributed by atoms with Crippen LogP contribution in [0.15, 0.2) is 12.5 Å². The first kappa shape index (κ1) is 10.3. The fraction of sp³-hybridized carbons (Fsp3) is 0.700. The van der Waals surface area contributed by atoms with Crippen molar-refractivity contribution in [1.29, 1.82) is 0 Å². The van der Waals surface area contributed by atoms with E-state index in [4.69, 9.17) is 0 Å². The van der Waals surface area contributed by atoms with Crippen LogP contribution in [0.1, 0.15) is 38.3 Å². The van der Waals surface area contributed by atoms with Crippen LogP contribution in [0.25, 0.3) is 0 Å². The highest BCUT2D eigenvalue weighted by molar-refractivity contribution is 4.92. The molecule has 0 radical (unpaired) electrons. The standard InChI is InChI=1S/C10H19N3/c1-2-3-4-5-6-11-7-10-8-12-9-13-10/h8-9,11H,2-7H2,1H3,(H,12,13). The number of hydrogen-bond donors (Lipinski definition) is 2. The quantitative estimate of drug-likeness (QED) is 0.632. The zero-order chi connectivity index (χ0) is 9.36. The zero-order valence-electron chi connectivity index (χ0n) is 8.34. The van der Waals surface area contributed by atoms with Gasteiger partial charge in [0, 0.05) is 18.4 Å². The van der Waals surface area contributed by atoms with Crippen LogP contribution in [-0.2, 0) is 6.54 Å². The normalized spacial score (nSPS) is 10.5. The third-order valence-corrected chi connectivity index (χ3v) is 2.08. The van der Waals surface area contributed by atoms with Crippen LogP contribution < -0.4 is 5.32 Å². The second kappa shape index (κ2) is 6.66.